The lowest BCUT2D eigenvalue weighted by Crippen LogP contribution is -2.34. The van der Waals surface area contributed by atoms with Crippen LogP contribution >= 0.6 is 0 Å². The minimum atomic E-state index is -0.423. The number of carbonyl (C=O) groups excluding carboxylic acids is 1. The standard InChI is InChI=1S/C16H14F2N2O/c17-12-5-2-11(14(19)7-12)9-20-15-8-13(18)4-1-10(15)3-6-16(20)21/h1-2,4-5,7-8H,3,6,9,19H2. The van der Waals surface area contributed by atoms with Gasteiger partial charge in [-0.05, 0) is 41.8 Å². The van der Waals surface area contributed by atoms with Gasteiger partial charge in [0.25, 0.3) is 0 Å². The topological polar surface area (TPSA) is 46.3 Å². The number of hydrogen-bond donors (Lipinski definition) is 1. The summed E-state index contributed by atoms with van der Waals surface area (Å²) < 4.78 is 26.5. The number of aryl methyl sites for hydroxylation is 1. The third-order valence-corrected chi connectivity index (χ3v) is 3.68. The number of anilines is 2. The van der Waals surface area contributed by atoms with Crippen LogP contribution in [0.4, 0.5) is 20.2 Å². The van der Waals surface area contributed by atoms with E-state index in [1.54, 1.807) is 12.1 Å². The van der Waals surface area contributed by atoms with Crippen LogP contribution in [0.5, 0.6) is 0 Å². The Morgan fingerprint density at radius 1 is 1.05 bits per heavy atom. The molecule has 1 amide bonds. The first kappa shape index (κ1) is 13.5. The van der Waals surface area contributed by atoms with E-state index in [2.05, 4.69) is 0 Å². The van der Waals surface area contributed by atoms with Gasteiger partial charge in [-0.2, -0.15) is 0 Å². The Labute approximate surface area is 121 Å². The van der Waals surface area contributed by atoms with Crippen molar-refractivity contribution in [3.8, 4) is 0 Å². The first-order valence-corrected chi connectivity index (χ1v) is 6.67. The van der Waals surface area contributed by atoms with E-state index in [9.17, 15) is 13.6 Å². The SMILES string of the molecule is Nc1cc(F)ccc1CN1C(=O)CCc2ccc(F)cc21. The molecule has 1 aliphatic rings. The van der Waals surface area contributed by atoms with E-state index in [1.807, 2.05) is 0 Å². The number of nitrogens with two attached hydrogens (primary N) is 1. The zero-order valence-electron chi connectivity index (χ0n) is 11.3. The molecule has 0 unspecified atom stereocenters. The average molecular weight is 288 g/mol. The van der Waals surface area contributed by atoms with Gasteiger partial charge in [-0.3, -0.25) is 4.79 Å². The maximum Gasteiger partial charge on any atom is 0.227 e. The predicted molar refractivity (Wildman–Crippen MR) is 76.7 cm³/mol. The number of rotatable bonds is 2. The first-order valence-electron chi connectivity index (χ1n) is 6.67. The summed E-state index contributed by atoms with van der Waals surface area (Å²) in [5, 5.41) is 0. The van der Waals surface area contributed by atoms with Gasteiger partial charge in [0, 0.05) is 12.1 Å². The van der Waals surface area contributed by atoms with Crippen LogP contribution in [0.1, 0.15) is 17.5 Å². The van der Waals surface area contributed by atoms with Gasteiger partial charge in [-0.1, -0.05) is 12.1 Å². The summed E-state index contributed by atoms with van der Waals surface area (Å²) in [7, 11) is 0. The lowest BCUT2D eigenvalue weighted by atomic mass is 10.00. The fourth-order valence-corrected chi connectivity index (χ4v) is 2.56. The van der Waals surface area contributed by atoms with Crippen LogP contribution < -0.4 is 10.6 Å². The summed E-state index contributed by atoms with van der Waals surface area (Å²) in [4.78, 5) is 13.6. The highest BCUT2D eigenvalue weighted by atomic mass is 19.1. The average Bonchev–Trinajstić information content (AvgIpc) is 2.44. The van der Waals surface area contributed by atoms with E-state index in [4.69, 9.17) is 5.73 Å². The third kappa shape index (κ3) is 2.59. The van der Waals surface area contributed by atoms with E-state index in [1.165, 1.54) is 29.2 Å². The summed E-state index contributed by atoms with van der Waals surface area (Å²) in [6.07, 6.45) is 0.976. The van der Waals surface area contributed by atoms with E-state index in [0.29, 0.717) is 24.1 Å². The molecule has 0 bridgehead atoms. The van der Waals surface area contributed by atoms with Gasteiger partial charge in [0.15, 0.2) is 0 Å². The molecular weight excluding hydrogens is 274 g/mol. The molecule has 2 aromatic rings. The molecule has 0 atom stereocenters. The highest BCUT2D eigenvalue weighted by molar-refractivity contribution is 5.96. The van der Waals surface area contributed by atoms with Gasteiger partial charge in [0.1, 0.15) is 11.6 Å². The molecule has 2 N–H and O–H groups in total. The third-order valence-electron chi connectivity index (χ3n) is 3.68. The lowest BCUT2D eigenvalue weighted by molar-refractivity contribution is -0.119. The number of nitrogen functional groups attached to an aromatic ring is 1. The summed E-state index contributed by atoms with van der Waals surface area (Å²) in [6, 6.07) is 8.50. The molecule has 3 nitrogen and oxygen atoms in total. The highest BCUT2D eigenvalue weighted by Gasteiger charge is 2.25. The molecular formula is C16H14F2N2O. The van der Waals surface area contributed by atoms with E-state index < -0.39 is 5.82 Å². The van der Waals surface area contributed by atoms with Gasteiger partial charge < -0.3 is 10.6 Å². The highest BCUT2D eigenvalue weighted by Crippen LogP contribution is 2.30. The molecule has 1 heterocycles. The molecule has 108 valence electrons. The Balaban J connectivity index is 1.98. The number of fused-ring (bicyclic) bond motifs is 1. The quantitative estimate of drug-likeness (QED) is 0.863. The first-order chi connectivity index (χ1) is 10.0. The van der Waals surface area contributed by atoms with Crippen molar-refractivity contribution in [2.24, 2.45) is 0 Å². The van der Waals surface area contributed by atoms with Crippen molar-refractivity contribution < 1.29 is 13.6 Å². The molecule has 0 radical (unpaired) electrons. The van der Waals surface area contributed by atoms with Crippen LogP contribution in [0.3, 0.4) is 0 Å². The van der Waals surface area contributed by atoms with Crippen molar-refractivity contribution in [1.29, 1.82) is 0 Å². The van der Waals surface area contributed by atoms with Gasteiger partial charge >= 0.3 is 0 Å². The van der Waals surface area contributed by atoms with Gasteiger partial charge in [-0.15, -0.1) is 0 Å². The van der Waals surface area contributed by atoms with Crippen molar-refractivity contribution >= 4 is 17.3 Å². The lowest BCUT2D eigenvalue weighted by Gasteiger charge is -2.30. The van der Waals surface area contributed by atoms with Crippen molar-refractivity contribution in [3.63, 3.8) is 0 Å². The molecule has 0 spiro atoms. The number of carbonyl (C=O) groups is 1. The Kier molecular flexibility index (Phi) is 3.33. The molecule has 5 heteroatoms. The molecule has 21 heavy (non-hydrogen) atoms. The second kappa shape index (κ2) is 5.16. The summed E-state index contributed by atoms with van der Waals surface area (Å²) in [5.74, 6) is -0.898. The number of nitrogens with zero attached hydrogens (tertiary/aromatic N) is 1. The summed E-state index contributed by atoms with van der Waals surface area (Å²) >= 11 is 0. The molecule has 0 aliphatic carbocycles. The molecule has 0 fully saturated rings. The Hall–Kier alpha value is -2.43. The fourth-order valence-electron chi connectivity index (χ4n) is 2.56. The van der Waals surface area contributed by atoms with Crippen molar-refractivity contribution in [3.05, 3.63) is 59.2 Å². The zero-order valence-corrected chi connectivity index (χ0v) is 11.3. The summed E-state index contributed by atoms with van der Waals surface area (Å²) in [5.41, 5.74) is 8.20. The van der Waals surface area contributed by atoms with Crippen LogP contribution in [0, 0.1) is 11.6 Å². The largest absolute Gasteiger partial charge is 0.398 e. The van der Waals surface area contributed by atoms with Crippen LogP contribution in [0.25, 0.3) is 0 Å². The number of hydrogen-bond acceptors (Lipinski definition) is 2. The molecule has 3 rings (SSSR count). The molecule has 2 aromatic carbocycles. The fraction of sp³-hybridized carbons (Fsp3) is 0.188. The maximum atomic E-state index is 13.5. The Bertz CT molecular complexity index is 715. The van der Waals surface area contributed by atoms with E-state index in [0.717, 1.165) is 5.56 Å². The number of benzene rings is 2. The summed E-state index contributed by atoms with van der Waals surface area (Å²) in [6.45, 7) is 0.210. The predicted octanol–water partition coefficient (Wildman–Crippen LogP) is 3.03. The minimum Gasteiger partial charge on any atom is -0.398 e. The van der Waals surface area contributed by atoms with Gasteiger partial charge in [0.2, 0.25) is 5.91 Å². The van der Waals surface area contributed by atoms with E-state index in [-0.39, 0.29) is 24.0 Å². The van der Waals surface area contributed by atoms with Crippen LogP contribution in [-0.4, -0.2) is 5.91 Å². The monoisotopic (exact) mass is 288 g/mol. The van der Waals surface area contributed by atoms with Gasteiger partial charge in [0.05, 0.1) is 12.2 Å². The smallest absolute Gasteiger partial charge is 0.227 e. The molecule has 0 saturated heterocycles. The molecule has 0 saturated carbocycles. The van der Waals surface area contributed by atoms with Crippen molar-refractivity contribution in [2.45, 2.75) is 19.4 Å². The van der Waals surface area contributed by atoms with Crippen LogP contribution in [0.15, 0.2) is 36.4 Å². The van der Waals surface area contributed by atoms with Crippen molar-refractivity contribution in [2.75, 3.05) is 10.6 Å². The molecule has 0 aromatic heterocycles. The minimum absolute atomic E-state index is 0.0863. The van der Waals surface area contributed by atoms with Crippen molar-refractivity contribution in [1.82, 2.24) is 0 Å². The Morgan fingerprint density at radius 3 is 2.52 bits per heavy atom. The second-order valence-corrected chi connectivity index (χ2v) is 5.10. The van der Waals surface area contributed by atoms with E-state index >= 15 is 0 Å². The van der Waals surface area contributed by atoms with Crippen LogP contribution in [0.2, 0.25) is 0 Å². The normalized spacial score (nSPS) is 14.2. The number of halogens is 2. The van der Waals surface area contributed by atoms with Gasteiger partial charge in [-0.25, -0.2) is 8.78 Å². The second-order valence-electron chi connectivity index (χ2n) is 5.10. The molecule has 1 aliphatic heterocycles. The van der Waals surface area contributed by atoms with Crippen LogP contribution in [-0.2, 0) is 17.8 Å². The maximum absolute atomic E-state index is 13.5. The number of amides is 1. The Morgan fingerprint density at radius 2 is 1.76 bits per heavy atom. The zero-order chi connectivity index (χ0) is 15.0.